The van der Waals surface area contributed by atoms with Gasteiger partial charge in [-0.05, 0) is 38.3 Å². The Hall–Kier alpha value is -1.09. The molecule has 0 aliphatic heterocycles. The van der Waals surface area contributed by atoms with Gasteiger partial charge in [0, 0.05) is 18.3 Å². The van der Waals surface area contributed by atoms with E-state index in [1.54, 1.807) is 6.20 Å². The first-order chi connectivity index (χ1) is 7.78. The summed E-state index contributed by atoms with van der Waals surface area (Å²) in [7, 11) is 0. The third kappa shape index (κ3) is 3.49. The normalized spacial score (nSPS) is 17.1. The van der Waals surface area contributed by atoms with E-state index in [0.717, 1.165) is 30.5 Å². The Balaban J connectivity index is 1.82. The molecule has 1 unspecified atom stereocenters. The summed E-state index contributed by atoms with van der Waals surface area (Å²) in [4.78, 5) is 4.23. The molecular weight excluding hydrogens is 200 g/mol. The molecule has 0 amide bonds. The Morgan fingerprint density at radius 3 is 2.88 bits per heavy atom. The molecule has 3 nitrogen and oxygen atoms in total. The lowest BCUT2D eigenvalue weighted by atomic mass is 10.2. The van der Waals surface area contributed by atoms with Crippen LogP contribution >= 0.6 is 0 Å². The van der Waals surface area contributed by atoms with E-state index in [2.05, 4.69) is 17.2 Å². The van der Waals surface area contributed by atoms with Gasteiger partial charge in [0.2, 0.25) is 0 Å². The predicted molar refractivity (Wildman–Crippen MR) is 64.7 cm³/mol. The molecule has 0 aromatic carbocycles. The van der Waals surface area contributed by atoms with Gasteiger partial charge in [-0.25, -0.2) is 0 Å². The number of aryl methyl sites for hydroxylation is 1. The molecule has 0 radical (unpaired) electrons. The molecule has 1 aliphatic carbocycles. The van der Waals surface area contributed by atoms with Gasteiger partial charge in [0.15, 0.2) is 0 Å². The standard InChI is InChI=1S/C13H20N2O/c1-3-12(8-15-11-5-6-11)16-13-7-4-10(2)14-9-13/h4,7,9,11-12,15H,3,5-6,8H2,1-2H3. The largest absolute Gasteiger partial charge is 0.488 e. The molecule has 0 bridgehead atoms. The predicted octanol–water partition coefficient (Wildman–Crippen LogP) is 2.30. The van der Waals surface area contributed by atoms with Crippen molar-refractivity contribution in [3.63, 3.8) is 0 Å². The molecule has 16 heavy (non-hydrogen) atoms. The van der Waals surface area contributed by atoms with Crippen LogP contribution in [0.5, 0.6) is 5.75 Å². The highest BCUT2D eigenvalue weighted by Crippen LogP contribution is 2.19. The molecule has 1 saturated carbocycles. The number of aromatic nitrogens is 1. The van der Waals surface area contributed by atoms with E-state index in [0.29, 0.717) is 0 Å². The van der Waals surface area contributed by atoms with E-state index >= 15 is 0 Å². The van der Waals surface area contributed by atoms with Crippen LogP contribution in [0.25, 0.3) is 0 Å². The summed E-state index contributed by atoms with van der Waals surface area (Å²) in [5.74, 6) is 0.870. The minimum absolute atomic E-state index is 0.255. The maximum atomic E-state index is 5.87. The van der Waals surface area contributed by atoms with E-state index in [4.69, 9.17) is 4.74 Å². The van der Waals surface area contributed by atoms with Gasteiger partial charge >= 0.3 is 0 Å². The van der Waals surface area contributed by atoms with E-state index in [1.165, 1.54) is 12.8 Å². The van der Waals surface area contributed by atoms with Crippen LogP contribution in [0.4, 0.5) is 0 Å². The van der Waals surface area contributed by atoms with Gasteiger partial charge in [0.05, 0.1) is 6.20 Å². The van der Waals surface area contributed by atoms with E-state index < -0.39 is 0 Å². The fraction of sp³-hybridized carbons (Fsp3) is 0.615. The molecule has 88 valence electrons. The van der Waals surface area contributed by atoms with Crippen molar-refractivity contribution in [1.82, 2.24) is 10.3 Å². The molecule has 1 heterocycles. The van der Waals surface area contributed by atoms with Crippen molar-refractivity contribution in [2.75, 3.05) is 6.54 Å². The van der Waals surface area contributed by atoms with Gasteiger partial charge in [-0.1, -0.05) is 6.92 Å². The third-order valence-electron chi connectivity index (χ3n) is 2.85. The molecule has 1 aliphatic rings. The second kappa shape index (κ2) is 5.30. The molecule has 1 aromatic rings. The number of nitrogens with zero attached hydrogens (tertiary/aromatic N) is 1. The SMILES string of the molecule is CCC(CNC1CC1)Oc1ccc(C)nc1. The number of nitrogens with one attached hydrogen (secondary N) is 1. The Morgan fingerprint density at radius 1 is 1.50 bits per heavy atom. The van der Waals surface area contributed by atoms with Gasteiger partial charge in [0.25, 0.3) is 0 Å². The Morgan fingerprint density at radius 2 is 2.31 bits per heavy atom. The fourth-order valence-corrected chi connectivity index (χ4v) is 1.57. The van der Waals surface area contributed by atoms with Crippen LogP contribution < -0.4 is 10.1 Å². The number of hydrogen-bond donors (Lipinski definition) is 1. The smallest absolute Gasteiger partial charge is 0.138 e. The summed E-state index contributed by atoms with van der Waals surface area (Å²) in [6.45, 7) is 5.08. The van der Waals surface area contributed by atoms with Crippen molar-refractivity contribution in [3.8, 4) is 5.75 Å². The van der Waals surface area contributed by atoms with Crippen LogP contribution in [0.15, 0.2) is 18.3 Å². The number of hydrogen-bond acceptors (Lipinski definition) is 3. The first-order valence-electron chi connectivity index (χ1n) is 6.10. The van der Waals surface area contributed by atoms with Crippen LogP contribution in [0.2, 0.25) is 0 Å². The van der Waals surface area contributed by atoms with E-state index in [1.807, 2.05) is 19.1 Å². The van der Waals surface area contributed by atoms with Crippen LogP contribution in [-0.4, -0.2) is 23.7 Å². The fourth-order valence-electron chi connectivity index (χ4n) is 1.57. The van der Waals surface area contributed by atoms with Gasteiger partial charge < -0.3 is 10.1 Å². The monoisotopic (exact) mass is 220 g/mol. The molecule has 0 saturated heterocycles. The lowest BCUT2D eigenvalue weighted by Crippen LogP contribution is -2.32. The Labute approximate surface area is 97.2 Å². The van der Waals surface area contributed by atoms with Gasteiger partial charge in [0.1, 0.15) is 11.9 Å². The highest BCUT2D eigenvalue weighted by atomic mass is 16.5. The minimum Gasteiger partial charge on any atom is -0.488 e. The molecule has 1 aromatic heterocycles. The lowest BCUT2D eigenvalue weighted by Gasteiger charge is -2.17. The average molecular weight is 220 g/mol. The third-order valence-corrected chi connectivity index (χ3v) is 2.85. The molecule has 2 rings (SSSR count). The summed E-state index contributed by atoms with van der Waals surface area (Å²) in [6.07, 6.45) is 5.72. The Bertz CT molecular complexity index is 319. The molecule has 3 heteroatoms. The summed E-state index contributed by atoms with van der Waals surface area (Å²) in [5, 5.41) is 3.49. The summed E-state index contributed by atoms with van der Waals surface area (Å²) in [6, 6.07) is 4.71. The maximum absolute atomic E-state index is 5.87. The van der Waals surface area contributed by atoms with Gasteiger partial charge in [-0.3, -0.25) is 4.98 Å². The van der Waals surface area contributed by atoms with E-state index in [9.17, 15) is 0 Å². The quantitative estimate of drug-likeness (QED) is 0.798. The average Bonchev–Trinajstić information content (AvgIpc) is 3.11. The number of pyridine rings is 1. The summed E-state index contributed by atoms with van der Waals surface area (Å²) in [5.41, 5.74) is 1.02. The number of rotatable bonds is 6. The molecular formula is C13H20N2O. The second-order valence-corrected chi connectivity index (χ2v) is 4.47. The molecule has 1 fully saturated rings. The highest BCUT2D eigenvalue weighted by molar-refractivity contribution is 5.19. The van der Waals surface area contributed by atoms with Crippen molar-refractivity contribution in [3.05, 3.63) is 24.0 Å². The maximum Gasteiger partial charge on any atom is 0.138 e. The van der Waals surface area contributed by atoms with E-state index in [-0.39, 0.29) is 6.10 Å². The van der Waals surface area contributed by atoms with Crippen LogP contribution in [0.3, 0.4) is 0 Å². The minimum atomic E-state index is 0.255. The zero-order valence-electron chi connectivity index (χ0n) is 10.1. The molecule has 0 spiro atoms. The van der Waals surface area contributed by atoms with Crippen LogP contribution in [0.1, 0.15) is 31.9 Å². The first-order valence-corrected chi connectivity index (χ1v) is 6.10. The summed E-state index contributed by atoms with van der Waals surface area (Å²) >= 11 is 0. The lowest BCUT2D eigenvalue weighted by molar-refractivity contribution is 0.192. The zero-order chi connectivity index (χ0) is 11.4. The second-order valence-electron chi connectivity index (χ2n) is 4.47. The highest BCUT2D eigenvalue weighted by Gasteiger charge is 2.21. The molecule has 1 atom stereocenters. The topological polar surface area (TPSA) is 34.1 Å². The van der Waals surface area contributed by atoms with Gasteiger partial charge in [-0.2, -0.15) is 0 Å². The summed E-state index contributed by atoms with van der Waals surface area (Å²) < 4.78 is 5.87. The van der Waals surface area contributed by atoms with Gasteiger partial charge in [-0.15, -0.1) is 0 Å². The number of ether oxygens (including phenoxy) is 1. The van der Waals surface area contributed by atoms with Crippen molar-refractivity contribution >= 4 is 0 Å². The first kappa shape index (κ1) is 11.4. The van der Waals surface area contributed by atoms with Crippen molar-refractivity contribution < 1.29 is 4.74 Å². The van der Waals surface area contributed by atoms with Crippen molar-refractivity contribution in [1.29, 1.82) is 0 Å². The van der Waals surface area contributed by atoms with Crippen LogP contribution in [0, 0.1) is 6.92 Å². The van der Waals surface area contributed by atoms with Crippen molar-refractivity contribution in [2.45, 2.75) is 45.3 Å². The Kier molecular flexibility index (Phi) is 3.78. The molecule has 1 N–H and O–H groups in total. The zero-order valence-corrected chi connectivity index (χ0v) is 10.1. The van der Waals surface area contributed by atoms with Crippen molar-refractivity contribution in [2.24, 2.45) is 0 Å². The van der Waals surface area contributed by atoms with Crippen LogP contribution in [-0.2, 0) is 0 Å².